The summed E-state index contributed by atoms with van der Waals surface area (Å²) in [5, 5.41) is 0.724. The second kappa shape index (κ2) is 5.58. The van der Waals surface area contributed by atoms with Gasteiger partial charge >= 0.3 is 0 Å². The topological polar surface area (TPSA) is 56.7 Å². The molecule has 0 saturated carbocycles. The molecule has 0 aliphatic rings. The lowest BCUT2D eigenvalue weighted by molar-refractivity contribution is 0.644. The molecule has 2 N–H and O–H groups in total. The molecule has 3 rings (SSSR count). The van der Waals surface area contributed by atoms with Gasteiger partial charge in [-0.25, -0.2) is 9.97 Å². The van der Waals surface area contributed by atoms with E-state index >= 15 is 0 Å². The highest BCUT2D eigenvalue weighted by atomic mass is 35.5. The molecule has 0 radical (unpaired) electrons. The molecular weight excluding hydrogens is 284 g/mol. The van der Waals surface area contributed by atoms with Crippen LogP contribution in [0, 0.1) is 0 Å². The van der Waals surface area contributed by atoms with Gasteiger partial charge in [0.05, 0.1) is 24.3 Å². The van der Waals surface area contributed by atoms with Crippen LogP contribution in [0.1, 0.15) is 18.5 Å². The van der Waals surface area contributed by atoms with Gasteiger partial charge in [0.15, 0.2) is 0 Å². The molecule has 0 bridgehead atoms. The molecule has 1 aromatic carbocycles. The van der Waals surface area contributed by atoms with Crippen LogP contribution in [-0.4, -0.2) is 14.5 Å². The van der Waals surface area contributed by atoms with E-state index in [4.69, 9.17) is 17.3 Å². The van der Waals surface area contributed by atoms with Gasteiger partial charge in [-0.15, -0.1) is 0 Å². The van der Waals surface area contributed by atoms with E-state index in [1.54, 1.807) is 18.7 Å². The summed E-state index contributed by atoms with van der Waals surface area (Å²) >= 11 is 6.08. The SMILES string of the molecule is CC(c1cccc(Cl)c1)n1cncc1-c1cccnc1N. The first-order chi connectivity index (χ1) is 10.2. The minimum atomic E-state index is 0.0980. The van der Waals surface area contributed by atoms with E-state index in [1.165, 1.54) is 0 Å². The van der Waals surface area contributed by atoms with Gasteiger partial charge in [-0.3, -0.25) is 0 Å². The van der Waals surface area contributed by atoms with Gasteiger partial charge in [-0.1, -0.05) is 23.7 Å². The zero-order valence-electron chi connectivity index (χ0n) is 11.6. The van der Waals surface area contributed by atoms with Crippen LogP contribution in [0.25, 0.3) is 11.3 Å². The predicted octanol–water partition coefficient (Wildman–Crippen LogP) is 3.79. The largest absolute Gasteiger partial charge is 0.383 e. The van der Waals surface area contributed by atoms with Gasteiger partial charge in [0.1, 0.15) is 5.82 Å². The summed E-state index contributed by atoms with van der Waals surface area (Å²) in [7, 11) is 0. The van der Waals surface area contributed by atoms with Crippen molar-refractivity contribution in [3.63, 3.8) is 0 Å². The van der Waals surface area contributed by atoms with E-state index in [1.807, 2.05) is 36.4 Å². The zero-order chi connectivity index (χ0) is 14.8. The van der Waals surface area contributed by atoms with Gasteiger partial charge in [0.2, 0.25) is 0 Å². The fraction of sp³-hybridized carbons (Fsp3) is 0.125. The molecule has 21 heavy (non-hydrogen) atoms. The second-order valence-corrected chi connectivity index (χ2v) is 5.29. The maximum Gasteiger partial charge on any atom is 0.132 e. The average molecular weight is 299 g/mol. The number of halogens is 1. The van der Waals surface area contributed by atoms with Crippen molar-refractivity contribution in [1.82, 2.24) is 14.5 Å². The van der Waals surface area contributed by atoms with E-state index in [2.05, 4.69) is 21.5 Å². The maximum atomic E-state index is 6.08. The first-order valence-electron chi connectivity index (χ1n) is 6.65. The van der Waals surface area contributed by atoms with Crippen molar-refractivity contribution in [2.75, 3.05) is 5.73 Å². The second-order valence-electron chi connectivity index (χ2n) is 4.85. The molecule has 0 spiro atoms. The lowest BCUT2D eigenvalue weighted by atomic mass is 10.1. The highest BCUT2D eigenvalue weighted by Gasteiger charge is 2.15. The Kier molecular flexibility index (Phi) is 3.62. The molecule has 0 fully saturated rings. The highest BCUT2D eigenvalue weighted by Crippen LogP contribution is 2.29. The van der Waals surface area contributed by atoms with Crippen LogP contribution >= 0.6 is 11.6 Å². The van der Waals surface area contributed by atoms with Crippen LogP contribution in [-0.2, 0) is 0 Å². The fourth-order valence-electron chi connectivity index (χ4n) is 2.38. The Morgan fingerprint density at radius 1 is 1.24 bits per heavy atom. The van der Waals surface area contributed by atoms with E-state index < -0.39 is 0 Å². The van der Waals surface area contributed by atoms with Crippen molar-refractivity contribution in [3.05, 3.63) is 65.7 Å². The third kappa shape index (κ3) is 2.62. The summed E-state index contributed by atoms with van der Waals surface area (Å²) in [5.74, 6) is 0.498. The number of anilines is 1. The number of benzene rings is 1. The third-order valence-corrected chi connectivity index (χ3v) is 3.76. The lowest BCUT2D eigenvalue weighted by Crippen LogP contribution is -2.08. The van der Waals surface area contributed by atoms with Crippen LogP contribution < -0.4 is 5.73 Å². The highest BCUT2D eigenvalue weighted by molar-refractivity contribution is 6.30. The van der Waals surface area contributed by atoms with E-state index in [0.29, 0.717) is 5.82 Å². The third-order valence-electron chi connectivity index (χ3n) is 3.53. The Morgan fingerprint density at radius 3 is 2.86 bits per heavy atom. The molecule has 1 atom stereocenters. The van der Waals surface area contributed by atoms with Crippen molar-refractivity contribution in [1.29, 1.82) is 0 Å². The smallest absolute Gasteiger partial charge is 0.132 e. The Labute approximate surface area is 128 Å². The van der Waals surface area contributed by atoms with E-state index in [-0.39, 0.29) is 6.04 Å². The van der Waals surface area contributed by atoms with Gasteiger partial charge in [-0.05, 0) is 36.8 Å². The van der Waals surface area contributed by atoms with Crippen molar-refractivity contribution >= 4 is 17.4 Å². The average Bonchev–Trinajstić information content (AvgIpc) is 2.96. The molecule has 2 aromatic heterocycles. The van der Waals surface area contributed by atoms with Crippen molar-refractivity contribution in [3.8, 4) is 11.3 Å². The number of aromatic nitrogens is 3. The molecule has 1 unspecified atom stereocenters. The van der Waals surface area contributed by atoms with Crippen LogP contribution in [0.15, 0.2) is 55.1 Å². The first-order valence-corrected chi connectivity index (χ1v) is 7.03. The first kappa shape index (κ1) is 13.6. The number of nitrogens with two attached hydrogens (primary N) is 1. The quantitative estimate of drug-likeness (QED) is 0.800. The standard InChI is InChI=1S/C16H15ClN4/c1-11(12-4-2-5-13(17)8-12)21-10-19-9-15(21)14-6-3-7-20-16(14)18/h2-11H,1H3,(H2,18,20). The Hall–Kier alpha value is -2.33. The number of nitrogen functional groups attached to an aromatic ring is 1. The molecular formula is C16H15ClN4. The van der Waals surface area contributed by atoms with E-state index in [9.17, 15) is 0 Å². The molecule has 106 valence electrons. The van der Waals surface area contributed by atoms with Gasteiger partial charge in [0, 0.05) is 16.8 Å². The molecule has 5 heteroatoms. The van der Waals surface area contributed by atoms with E-state index in [0.717, 1.165) is 21.8 Å². The van der Waals surface area contributed by atoms with Gasteiger partial charge in [0.25, 0.3) is 0 Å². The zero-order valence-corrected chi connectivity index (χ0v) is 12.3. The monoisotopic (exact) mass is 298 g/mol. The van der Waals surface area contributed by atoms with Gasteiger partial charge in [-0.2, -0.15) is 0 Å². The van der Waals surface area contributed by atoms with Gasteiger partial charge < -0.3 is 10.3 Å². The summed E-state index contributed by atoms with van der Waals surface area (Å²) in [6.07, 6.45) is 5.28. The molecule has 0 amide bonds. The number of pyridine rings is 1. The predicted molar refractivity (Wildman–Crippen MR) is 85.1 cm³/mol. The molecule has 2 heterocycles. The number of nitrogens with zero attached hydrogens (tertiary/aromatic N) is 3. The maximum absolute atomic E-state index is 6.08. The number of hydrogen-bond acceptors (Lipinski definition) is 3. The van der Waals surface area contributed by atoms with Crippen molar-refractivity contribution < 1.29 is 0 Å². The number of imidazole rings is 1. The minimum Gasteiger partial charge on any atom is -0.383 e. The molecule has 4 nitrogen and oxygen atoms in total. The van der Waals surface area contributed by atoms with Crippen LogP contribution in [0.2, 0.25) is 5.02 Å². The molecule has 0 saturated heterocycles. The molecule has 0 aliphatic heterocycles. The Bertz CT molecular complexity index is 766. The summed E-state index contributed by atoms with van der Waals surface area (Å²) in [6.45, 7) is 2.10. The Morgan fingerprint density at radius 2 is 2.10 bits per heavy atom. The van der Waals surface area contributed by atoms with Crippen LogP contribution in [0.3, 0.4) is 0 Å². The van der Waals surface area contributed by atoms with Crippen LogP contribution in [0.5, 0.6) is 0 Å². The minimum absolute atomic E-state index is 0.0980. The summed E-state index contributed by atoms with van der Waals surface area (Å²) in [4.78, 5) is 8.39. The summed E-state index contributed by atoms with van der Waals surface area (Å²) < 4.78 is 2.07. The Balaban J connectivity index is 2.05. The van der Waals surface area contributed by atoms with Crippen LogP contribution in [0.4, 0.5) is 5.82 Å². The number of rotatable bonds is 3. The molecule has 3 aromatic rings. The molecule has 0 aliphatic carbocycles. The van der Waals surface area contributed by atoms with Crippen molar-refractivity contribution in [2.24, 2.45) is 0 Å². The normalized spacial score (nSPS) is 12.3. The van der Waals surface area contributed by atoms with Crippen molar-refractivity contribution in [2.45, 2.75) is 13.0 Å². The summed E-state index contributed by atoms with van der Waals surface area (Å²) in [5.41, 5.74) is 8.90. The lowest BCUT2D eigenvalue weighted by Gasteiger charge is -2.18. The summed E-state index contributed by atoms with van der Waals surface area (Å²) in [6, 6.07) is 11.7. The number of hydrogen-bond donors (Lipinski definition) is 1. The fourth-order valence-corrected chi connectivity index (χ4v) is 2.58.